The van der Waals surface area contributed by atoms with Gasteiger partial charge in [-0.1, -0.05) is 24.3 Å². The number of fused-ring (bicyclic) bond motifs is 6. The van der Waals surface area contributed by atoms with Crippen molar-refractivity contribution in [3.8, 4) is 22.8 Å². The van der Waals surface area contributed by atoms with Gasteiger partial charge in [0.15, 0.2) is 11.4 Å². The standard InChI is InChI=1S/C22H16BN2O2/c1-24-15-10-12-19(24)17-6-2-4-8-21(17)26-23-25-16(14-15)11-13-20(25)18-7-3-5-9-22(18)27-23/h2-14H,1H3/q+1. The predicted molar refractivity (Wildman–Crippen MR) is 106 cm³/mol. The second-order valence-electron chi connectivity index (χ2n) is 6.90. The molecule has 0 aliphatic carbocycles. The van der Waals surface area contributed by atoms with E-state index in [1.54, 1.807) is 0 Å². The van der Waals surface area contributed by atoms with Gasteiger partial charge in [-0.15, -0.1) is 0 Å². The lowest BCUT2D eigenvalue weighted by atomic mass is 9.97. The van der Waals surface area contributed by atoms with Crippen molar-refractivity contribution in [2.75, 3.05) is 0 Å². The smallest absolute Gasteiger partial charge is 0.462 e. The lowest BCUT2D eigenvalue weighted by molar-refractivity contribution is -0.350. The fourth-order valence-corrected chi connectivity index (χ4v) is 4.04. The molecular weight excluding hydrogens is 335 g/mol. The molecule has 3 aliphatic heterocycles. The zero-order chi connectivity index (χ0) is 18.0. The molecule has 3 aliphatic rings. The Bertz CT molecular complexity index is 1200. The van der Waals surface area contributed by atoms with E-state index >= 15 is 0 Å². The first-order valence-electron chi connectivity index (χ1n) is 9.03. The number of benzene rings is 2. The summed E-state index contributed by atoms with van der Waals surface area (Å²) < 4.78 is 17.0. The van der Waals surface area contributed by atoms with E-state index in [4.69, 9.17) is 9.31 Å². The van der Waals surface area contributed by atoms with Crippen LogP contribution in [0.1, 0.15) is 11.3 Å². The third-order valence-corrected chi connectivity index (χ3v) is 5.40. The minimum atomic E-state index is -0.554. The summed E-state index contributed by atoms with van der Waals surface area (Å²) in [5.41, 5.74) is 6.54. The van der Waals surface area contributed by atoms with Crippen molar-refractivity contribution in [3.63, 3.8) is 0 Å². The summed E-state index contributed by atoms with van der Waals surface area (Å²) in [6.07, 6.45) is 6.43. The minimum Gasteiger partial charge on any atom is -0.462 e. The largest absolute Gasteiger partial charge is 0.996 e. The summed E-state index contributed by atoms with van der Waals surface area (Å²) in [4.78, 5) is 0. The molecule has 128 valence electrons. The van der Waals surface area contributed by atoms with Gasteiger partial charge >= 0.3 is 7.25 Å². The number of hydrogen-bond donors (Lipinski definition) is 0. The van der Waals surface area contributed by atoms with Gasteiger partial charge in [-0.05, 0) is 36.4 Å². The number of aromatic nitrogens is 1. The zero-order valence-corrected chi connectivity index (χ0v) is 14.8. The van der Waals surface area contributed by atoms with Gasteiger partial charge in [-0.2, -0.15) is 4.49 Å². The molecular formula is C22H16BN2O2+. The normalized spacial score (nSPS) is 18.0. The quantitative estimate of drug-likeness (QED) is 0.575. The summed E-state index contributed by atoms with van der Waals surface area (Å²) in [6, 6.07) is 20.5. The average molecular weight is 351 g/mol. The predicted octanol–water partition coefficient (Wildman–Crippen LogP) is 3.87. The van der Waals surface area contributed by atoms with E-state index in [0.29, 0.717) is 0 Å². The Labute approximate surface area is 157 Å². The van der Waals surface area contributed by atoms with E-state index in [2.05, 4.69) is 58.6 Å². The molecule has 6 rings (SSSR count). The van der Waals surface area contributed by atoms with Crippen molar-refractivity contribution in [2.24, 2.45) is 7.05 Å². The zero-order valence-electron chi connectivity index (χ0n) is 14.8. The molecule has 0 fully saturated rings. The van der Waals surface area contributed by atoms with Crippen LogP contribution in [-0.2, 0) is 7.05 Å². The van der Waals surface area contributed by atoms with Gasteiger partial charge in [-0.25, -0.2) is 0 Å². The number of hydrogen-bond acceptors (Lipinski definition) is 2. The molecule has 27 heavy (non-hydrogen) atoms. The van der Waals surface area contributed by atoms with Gasteiger partial charge in [0.25, 0.3) is 0 Å². The van der Waals surface area contributed by atoms with E-state index < -0.39 is 7.25 Å². The van der Waals surface area contributed by atoms with Crippen molar-refractivity contribution in [1.29, 1.82) is 0 Å². The second-order valence-corrected chi connectivity index (χ2v) is 6.90. The van der Waals surface area contributed by atoms with Crippen molar-refractivity contribution in [3.05, 3.63) is 89.8 Å². The second kappa shape index (κ2) is 5.27. The van der Waals surface area contributed by atoms with Crippen LogP contribution in [0.3, 0.4) is 0 Å². The lowest BCUT2D eigenvalue weighted by Crippen LogP contribution is -2.46. The van der Waals surface area contributed by atoms with Crippen LogP contribution in [-0.4, -0.2) is 22.0 Å². The highest BCUT2D eigenvalue weighted by molar-refractivity contribution is 6.41. The van der Waals surface area contributed by atoms with E-state index in [1.165, 1.54) is 0 Å². The third kappa shape index (κ3) is 2.02. The maximum atomic E-state index is 6.42. The summed E-state index contributed by atoms with van der Waals surface area (Å²) in [5.74, 6) is 1.65. The Hall–Kier alpha value is -3.47. The van der Waals surface area contributed by atoms with E-state index in [9.17, 15) is 0 Å². The van der Waals surface area contributed by atoms with Gasteiger partial charge in [0, 0.05) is 36.5 Å². The lowest BCUT2D eigenvalue weighted by Gasteiger charge is -2.21. The number of rotatable bonds is 0. The molecule has 5 heteroatoms. The first-order valence-corrected chi connectivity index (χ1v) is 9.03. The van der Waals surface area contributed by atoms with E-state index in [1.807, 2.05) is 36.4 Å². The van der Waals surface area contributed by atoms with Gasteiger partial charge in [0.1, 0.15) is 11.5 Å². The first-order chi connectivity index (χ1) is 13.3. The number of nitrogens with zero attached hydrogens (tertiary/aromatic N) is 2. The monoisotopic (exact) mass is 351 g/mol. The van der Waals surface area contributed by atoms with Crippen molar-refractivity contribution < 1.29 is 13.8 Å². The maximum Gasteiger partial charge on any atom is 0.996 e. The first kappa shape index (κ1) is 14.7. The topological polar surface area (TPSA) is 26.4 Å². The Kier molecular flexibility index (Phi) is 2.86. The highest BCUT2D eigenvalue weighted by atomic mass is 16.6. The minimum absolute atomic E-state index is 0.554. The van der Waals surface area contributed by atoms with Crippen molar-refractivity contribution >= 4 is 19.0 Å². The Balaban J connectivity index is 1.66. The van der Waals surface area contributed by atoms with Gasteiger partial charge in [0.05, 0.1) is 11.3 Å². The molecule has 2 bridgehead atoms. The summed E-state index contributed by atoms with van der Waals surface area (Å²) in [6.45, 7) is 0. The fraction of sp³-hybridized carbons (Fsp3) is 0.0455. The SMILES string of the molecule is Cn1c2ccc1-c1ccccc1OB1Oc3ccccc3C3=[N+]1/C(=C\2)C=C3. The van der Waals surface area contributed by atoms with Crippen LogP contribution < -0.4 is 9.31 Å². The van der Waals surface area contributed by atoms with Crippen LogP contribution >= 0.6 is 0 Å². The average Bonchev–Trinajstić information content (AvgIpc) is 3.27. The van der Waals surface area contributed by atoms with Gasteiger partial charge in [0.2, 0.25) is 0 Å². The van der Waals surface area contributed by atoms with Crippen LogP contribution in [0.25, 0.3) is 17.3 Å². The van der Waals surface area contributed by atoms with E-state index in [0.717, 1.165) is 45.4 Å². The fourth-order valence-electron chi connectivity index (χ4n) is 4.04. The molecule has 0 atom stereocenters. The molecule has 0 amide bonds. The van der Waals surface area contributed by atoms with Crippen LogP contribution in [0.4, 0.5) is 0 Å². The number of para-hydroxylation sites is 2. The third-order valence-electron chi connectivity index (χ3n) is 5.40. The van der Waals surface area contributed by atoms with Crippen LogP contribution in [0.2, 0.25) is 0 Å². The summed E-state index contributed by atoms with van der Waals surface area (Å²) in [7, 11) is 1.53. The molecule has 0 radical (unpaired) electrons. The van der Waals surface area contributed by atoms with Crippen LogP contribution in [0.15, 0.2) is 78.5 Å². The van der Waals surface area contributed by atoms with Gasteiger partial charge in [-0.3, -0.25) is 0 Å². The molecule has 3 aromatic rings. The van der Waals surface area contributed by atoms with Crippen LogP contribution in [0, 0.1) is 0 Å². The maximum absolute atomic E-state index is 6.42. The number of allylic oxidation sites excluding steroid dienone is 2. The highest BCUT2D eigenvalue weighted by Crippen LogP contribution is 2.36. The summed E-state index contributed by atoms with van der Waals surface area (Å²) >= 11 is 0. The summed E-state index contributed by atoms with van der Waals surface area (Å²) in [5, 5.41) is 0. The molecule has 0 unspecified atom stereocenters. The Morgan fingerprint density at radius 1 is 0.815 bits per heavy atom. The Morgan fingerprint density at radius 2 is 1.52 bits per heavy atom. The molecule has 0 N–H and O–H groups in total. The Morgan fingerprint density at radius 3 is 2.33 bits per heavy atom. The van der Waals surface area contributed by atoms with E-state index in [-0.39, 0.29) is 0 Å². The molecule has 4 nitrogen and oxygen atoms in total. The molecule has 4 heterocycles. The highest BCUT2D eigenvalue weighted by Gasteiger charge is 2.53. The molecule has 0 saturated carbocycles. The molecule has 0 saturated heterocycles. The molecule has 0 spiro atoms. The molecule has 2 aromatic carbocycles. The van der Waals surface area contributed by atoms with Crippen LogP contribution in [0.5, 0.6) is 11.5 Å². The molecule has 1 aromatic heterocycles. The van der Waals surface area contributed by atoms with Gasteiger partial charge < -0.3 is 13.9 Å². The van der Waals surface area contributed by atoms with Crippen molar-refractivity contribution in [2.45, 2.75) is 0 Å². The van der Waals surface area contributed by atoms with Crippen molar-refractivity contribution in [1.82, 2.24) is 4.57 Å².